The lowest BCUT2D eigenvalue weighted by Gasteiger charge is -2.06. The number of aromatic nitrogens is 2. The Morgan fingerprint density at radius 2 is 2.47 bits per heavy atom. The van der Waals surface area contributed by atoms with E-state index in [-0.39, 0.29) is 5.91 Å². The second-order valence-electron chi connectivity index (χ2n) is 3.92. The Bertz CT molecular complexity index is 343. The quantitative estimate of drug-likeness (QED) is 0.655. The molecule has 1 heterocycles. The maximum absolute atomic E-state index is 10.5. The smallest absolute Gasteiger partial charge is 0.218 e. The summed E-state index contributed by atoms with van der Waals surface area (Å²) in [5, 5.41) is 3.18. The molecule has 1 aromatic heterocycles. The zero-order valence-corrected chi connectivity index (χ0v) is 8.65. The predicted molar refractivity (Wildman–Crippen MR) is 56.0 cm³/mol. The molecule has 5 heteroatoms. The van der Waals surface area contributed by atoms with Gasteiger partial charge in [-0.3, -0.25) is 4.79 Å². The van der Waals surface area contributed by atoms with Gasteiger partial charge < -0.3 is 15.6 Å². The minimum atomic E-state index is -0.266. The van der Waals surface area contributed by atoms with Gasteiger partial charge in [-0.1, -0.05) is 0 Å². The third-order valence-electron chi connectivity index (χ3n) is 2.54. The summed E-state index contributed by atoms with van der Waals surface area (Å²) in [5.74, 6) is -0.266. The van der Waals surface area contributed by atoms with Crippen molar-refractivity contribution in [1.29, 1.82) is 0 Å². The molecular formula is C10H16N4O. The number of carbonyl (C=O) groups is 1. The summed E-state index contributed by atoms with van der Waals surface area (Å²) in [6.45, 7) is 1.38. The van der Waals surface area contributed by atoms with Crippen LogP contribution in [-0.2, 0) is 11.3 Å². The highest BCUT2D eigenvalue weighted by molar-refractivity contribution is 5.73. The van der Waals surface area contributed by atoms with E-state index in [1.165, 1.54) is 18.5 Å². The molecule has 1 fully saturated rings. The van der Waals surface area contributed by atoms with Crippen molar-refractivity contribution in [2.45, 2.75) is 31.8 Å². The van der Waals surface area contributed by atoms with Crippen LogP contribution < -0.4 is 11.1 Å². The third kappa shape index (κ3) is 2.79. The van der Waals surface area contributed by atoms with Crippen molar-refractivity contribution < 1.29 is 4.79 Å². The standard InChI is InChI=1S/C10H16N4O/c11-10(15)3-4-12-5-9-6-13-7-14(9)8-1-2-8/h6-8,12H,1-5H2,(H2,11,15). The van der Waals surface area contributed by atoms with Crippen molar-refractivity contribution in [1.82, 2.24) is 14.9 Å². The number of amides is 1. The lowest BCUT2D eigenvalue weighted by molar-refractivity contribution is -0.117. The molecule has 1 aromatic rings. The average molecular weight is 208 g/mol. The van der Waals surface area contributed by atoms with Gasteiger partial charge in [0.2, 0.25) is 5.91 Å². The van der Waals surface area contributed by atoms with Gasteiger partial charge in [0.25, 0.3) is 0 Å². The number of carbonyl (C=O) groups excluding carboxylic acids is 1. The maximum Gasteiger partial charge on any atom is 0.218 e. The van der Waals surface area contributed by atoms with Gasteiger partial charge in [-0.15, -0.1) is 0 Å². The van der Waals surface area contributed by atoms with Gasteiger partial charge in [0, 0.05) is 31.7 Å². The average Bonchev–Trinajstić information content (AvgIpc) is 2.93. The molecule has 1 aliphatic carbocycles. The Morgan fingerprint density at radius 1 is 1.67 bits per heavy atom. The SMILES string of the molecule is NC(=O)CCNCc1cncn1C1CC1. The van der Waals surface area contributed by atoms with Crippen LogP contribution in [0.4, 0.5) is 0 Å². The molecule has 0 atom stereocenters. The highest BCUT2D eigenvalue weighted by Crippen LogP contribution is 2.35. The van der Waals surface area contributed by atoms with Crippen molar-refractivity contribution in [3.05, 3.63) is 18.2 Å². The predicted octanol–water partition coefficient (Wildman–Crippen LogP) is 0.183. The van der Waals surface area contributed by atoms with Crippen molar-refractivity contribution >= 4 is 5.91 Å². The fourth-order valence-electron chi connectivity index (χ4n) is 1.58. The lowest BCUT2D eigenvalue weighted by Crippen LogP contribution is -2.22. The maximum atomic E-state index is 10.5. The minimum Gasteiger partial charge on any atom is -0.370 e. The molecule has 5 nitrogen and oxygen atoms in total. The molecule has 0 aliphatic heterocycles. The van der Waals surface area contributed by atoms with Gasteiger partial charge in [-0.2, -0.15) is 0 Å². The first-order valence-corrected chi connectivity index (χ1v) is 5.27. The number of nitrogens with two attached hydrogens (primary N) is 1. The van der Waals surface area contributed by atoms with Crippen LogP contribution in [0.25, 0.3) is 0 Å². The van der Waals surface area contributed by atoms with Crippen molar-refractivity contribution in [3.8, 4) is 0 Å². The molecule has 3 N–H and O–H groups in total. The van der Waals surface area contributed by atoms with Crippen LogP contribution in [-0.4, -0.2) is 22.0 Å². The van der Waals surface area contributed by atoms with Crippen LogP contribution in [0.1, 0.15) is 31.0 Å². The van der Waals surface area contributed by atoms with Crippen LogP contribution in [0, 0.1) is 0 Å². The van der Waals surface area contributed by atoms with Crippen LogP contribution >= 0.6 is 0 Å². The normalized spacial score (nSPS) is 15.5. The Labute approximate surface area is 88.7 Å². The summed E-state index contributed by atoms with van der Waals surface area (Å²) in [7, 11) is 0. The van der Waals surface area contributed by atoms with E-state index in [4.69, 9.17) is 5.73 Å². The van der Waals surface area contributed by atoms with Crippen molar-refractivity contribution in [2.75, 3.05) is 6.54 Å². The number of imidazole rings is 1. The summed E-state index contributed by atoms with van der Waals surface area (Å²) in [6.07, 6.45) is 6.64. The summed E-state index contributed by atoms with van der Waals surface area (Å²) in [4.78, 5) is 14.6. The van der Waals surface area contributed by atoms with Gasteiger partial charge in [0.05, 0.1) is 12.0 Å². The van der Waals surface area contributed by atoms with Crippen molar-refractivity contribution in [3.63, 3.8) is 0 Å². The van der Waals surface area contributed by atoms with E-state index < -0.39 is 0 Å². The lowest BCUT2D eigenvalue weighted by atomic mass is 10.4. The topological polar surface area (TPSA) is 72.9 Å². The fraction of sp³-hybridized carbons (Fsp3) is 0.600. The molecule has 0 spiro atoms. The molecule has 1 amide bonds. The molecule has 0 aromatic carbocycles. The van der Waals surface area contributed by atoms with Crippen LogP contribution in [0.2, 0.25) is 0 Å². The van der Waals surface area contributed by atoms with Crippen LogP contribution in [0.15, 0.2) is 12.5 Å². The molecule has 2 rings (SSSR count). The van der Waals surface area contributed by atoms with Gasteiger partial charge in [-0.25, -0.2) is 4.98 Å². The van der Waals surface area contributed by atoms with E-state index in [2.05, 4.69) is 14.9 Å². The van der Waals surface area contributed by atoms with Gasteiger partial charge in [0.15, 0.2) is 0 Å². The second kappa shape index (κ2) is 4.44. The van der Waals surface area contributed by atoms with E-state index in [0.717, 1.165) is 6.54 Å². The molecule has 82 valence electrons. The second-order valence-corrected chi connectivity index (χ2v) is 3.92. The summed E-state index contributed by atoms with van der Waals surface area (Å²) < 4.78 is 2.21. The number of rotatable bonds is 6. The monoisotopic (exact) mass is 208 g/mol. The van der Waals surface area contributed by atoms with E-state index in [0.29, 0.717) is 19.0 Å². The van der Waals surface area contributed by atoms with Gasteiger partial charge in [-0.05, 0) is 12.8 Å². The highest BCUT2D eigenvalue weighted by Gasteiger charge is 2.24. The Morgan fingerprint density at radius 3 is 3.13 bits per heavy atom. The molecular weight excluding hydrogens is 192 g/mol. The van der Waals surface area contributed by atoms with Crippen LogP contribution in [0.3, 0.4) is 0 Å². The largest absolute Gasteiger partial charge is 0.370 e. The molecule has 15 heavy (non-hydrogen) atoms. The fourth-order valence-corrected chi connectivity index (χ4v) is 1.58. The summed E-state index contributed by atoms with van der Waals surface area (Å²) in [6, 6.07) is 0.653. The molecule has 0 unspecified atom stereocenters. The van der Waals surface area contributed by atoms with E-state index in [1.54, 1.807) is 0 Å². The zero-order valence-electron chi connectivity index (χ0n) is 8.65. The number of primary amides is 1. The molecule has 0 bridgehead atoms. The highest BCUT2D eigenvalue weighted by atomic mass is 16.1. The van der Waals surface area contributed by atoms with Crippen LogP contribution in [0.5, 0.6) is 0 Å². The Balaban J connectivity index is 1.77. The first kappa shape index (κ1) is 10.2. The molecule has 0 saturated heterocycles. The summed E-state index contributed by atoms with van der Waals surface area (Å²) >= 11 is 0. The third-order valence-corrected chi connectivity index (χ3v) is 2.54. The minimum absolute atomic E-state index is 0.266. The number of nitrogens with one attached hydrogen (secondary N) is 1. The van der Waals surface area contributed by atoms with Gasteiger partial charge >= 0.3 is 0 Å². The molecule has 1 aliphatic rings. The Kier molecular flexibility index (Phi) is 3.01. The van der Waals surface area contributed by atoms with E-state index in [1.807, 2.05) is 12.5 Å². The number of hydrogen-bond acceptors (Lipinski definition) is 3. The van der Waals surface area contributed by atoms with E-state index >= 15 is 0 Å². The Hall–Kier alpha value is -1.36. The first-order valence-electron chi connectivity index (χ1n) is 5.27. The number of nitrogens with zero attached hydrogens (tertiary/aromatic N) is 2. The zero-order chi connectivity index (χ0) is 10.7. The van der Waals surface area contributed by atoms with E-state index in [9.17, 15) is 4.79 Å². The molecule has 0 radical (unpaired) electrons. The summed E-state index contributed by atoms with van der Waals surface area (Å²) in [5.41, 5.74) is 6.23. The molecule has 1 saturated carbocycles. The van der Waals surface area contributed by atoms with Crippen molar-refractivity contribution in [2.24, 2.45) is 5.73 Å². The van der Waals surface area contributed by atoms with Gasteiger partial charge in [0.1, 0.15) is 0 Å². The number of hydrogen-bond donors (Lipinski definition) is 2. The first-order chi connectivity index (χ1) is 7.27.